The normalized spacial score (nSPS) is 13.2. The lowest BCUT2D eigenvalue weighted by atomic mass is 10.0. The Morgan fingerprint density at radius 2 is 1.70 bits per heavy atom. The van der Waals surface area contributed by atoms with Crippen molar-refractivity contribution in [3.05, 3.63) is 29.8 Å². The lowest BCUT2D eigenvalue weighted by Gasteiger charge is -2.27. The van der Waals surface area contributed by atoms with E-state index in [-0.39, 0.29) is 18.1 Å². The van der Waals surface area contributed by atoms with Crippen molar-refractivity contribution in [1.29, 1.82) is 0 Å². The van der Waals surface area contributed by atoms with Gasteiger partial charge in [-0.15, -0.1) is 0 Å². The fourth-order valence-electron chi connectivity index (χ4n) is 2.05. The predicted molar refractivity (Wildman–Crippen MR) is 79.9 cm³/mol. The average molecular weight is 279 g/mol. The third kappa shape index (κ3) is 4.53. The second-order valence-corrected chi connectivity index (χ2v) is 5.72. The van der Waals surface area contributed by atoms with Gasteiger partial charge in [0.25, 0.3) is 0 Å². The molecule has 4 nitrogen and oxygen atoms in total. The van der Waals surface area contributed by atoms with Crippen LogP contribution in [0.5, 0.6) is 5.75 Å². The lowest BCUT2D eigenvalue weighted by molar-refractivity contribution is -0.147. The fraction of sp³-hybridized carbons (Fsp3) is 0.562. The zero-order chi connectivity index (χ0) is 15.3. The molecule has 0 saturated heterocycles. The predicted octanol–water partition coefficient (Wildman–Crippen LogP) is 3.08. The number of carbonyl (C=O) groups is 1. The standard InChI is InChI=1S/C16H25NO3/c1-11(2)20-14-9-7-13(8-10-14)12(3)17-16(4,5)15(18)19-6/h7-12,17H,1-6H3. The maximum atomic E-state index is 11.7. The Morgan fingerprint density at radius 3 is 2.15 bits per heavy atom. The molecule has 1 unspecified atom stereocenters. The number of methoxy groups -OCH3 is 1. The highest BCUT2D eigenvalue weighted by Crippen LogP contribution is 2.21. The average Bonchev–Trinajstić information content (AvgIpc) is 2.37. The first-order valence-corrected chi connectivity index (χ1v) is 6.89. The fourth-order valence-corrected chi connectivity index (χ4v) is 2.05. The largest absolute Gasteiger partial charge is 0.491 e. The van der Waals surface area contributed by atoms with Crippen LogP contribution in [0, 0.1) is 0 Å². The van der Waals surface area contributed by atoms with E-state index < -0.39 is 5.54 Å². The van der Waals surface area contributed by atoms with Crippen LogP contribution >= 0.6 is 0 Å². The summed E-state index contributed by atoms with van der Waals surface area (Å²) in [5, 5.41) is 3.27. The Balaban J connectivity index is 2.73. The van der Waals surface area contributed by atoms with Gasteiger partial charge in [-0.2, -0.15) is 0 Å². The third-order valence-electron chi connectivity index (χ3n) is 3.02. The molecule has 1 aromatic carbocycles. The van der Waals surface area contributed by atoms with Crippen LogP contribution < -0.4 is 10.1 Å². The van der Waals surface area contributed by atoms with Crippen LogP contribution in [0.4, 0.5) is 0 Å². The maximum absolute atomic E-state index is 11.7. The topological polar surface area (TPSA) is 47.6 Å². The second-order valence-electron chi connectivity index (χ2n) is 5.72. The van der Waals surface area contributed by atoms with Gasteiger partial charge in [0.15, 0.2) is 0 Å². The van der Waals surface area contributed by atoms with Gasteiger partial charge in [0.05, 0.1) is 13.2 Å². The van der Waals surface area contributed by atoms with E-state index >= 15 is 0 Å². The highest BCUT2D eigenvalue weighted by Gasteiger charge is 2.30. The summed E-state index contributed by atoms with van der Waals surface area (Å²) in [7, 11) is 1.40. The van der Waals surface area contributed by atoms with E-state index in [9.17, 15) is 4.79 Å². The summed E-state index contributed by atoms with van der Waals surface area (Å²) in [6, 6.07) is 7.93. The summed E-state index contributed by atoms with van der Waals surface area (Å²) in [5.74, 6) is 0.576. The number of ether oxygens (including phenoxy) is 2. The van der Waals surface area contributed by atoms with E-state index in [2.05, 4.69) is 5.32 Å². The van der Waals surface area contributed by atoms with Crippen LogP contribution in [0.25, 0.3) is 0 Å². The number of nitrogens with one attached hydrogen (secondary N) is 1. The highest BCUT2D eigenvalue weighted by atomic mass is 16.5. The first kappa shape index (κ1) is 16.5. The zero-order valence-electron chi connectivity index (χ0n) is 13.2. The molecule has 20 heavy (non-hydrogen) atoms. The molecule has 0 heterocycles. The van der Waals surface area contributed by atoms with Crippen molar-refractivity contribution in [3.63, 3.8) is 0 Å². The van der Waals surface area contributed by atoms with Gasteiger partial charge in [-0.1, -0.05) is 12.1 Å². The van der Waals surface area contributed by atoms with Crippen LogP contribution in [0.3, 0.4) is 0 Å². The van der Waals surface area contributed by atoms with Gasteiger partial charge >= 0.3 is 5.97 Å². The molecule has 0 aromatic heterocycles. The number of hydrogen-bond donors (Lipinski definition) is 1. The highest BCUT2D eigenvalue weighted by molar-refractivity contribution is 5.79. The van der Waals surface area contributed by atoms with Crippen molar-refractivity contribution in [3.8, 4) is 5.75 Å². The summed E-state index contributed by atoms with van der Waals surface area (Å²) in [6.45, 7) is 9.63. The molecule has 1 aromatic rings. The molecule has 0 saturated carbocycles. The molecular weight excluding hydrogens is 254 g/mol. The molecule has 0 aliphatic heterocycles. The first-order valence-electron chi connectivity index (χ1n) is 6.89. The Bertz CT molecular complexity index is 438. The van der Waals surface area contributed by atoms with Gasteiger partial charge in [0.2, 0.25) is 0 Å². The molecule has 0 bridgehead atoms. The van der Waals surface area contributed by atoms with Crippen molar-refractivity contribution in [1.82, 2.24) is 5.32 Å². The summed E-state index contributed by atoms with van der Waals surface area (Å²) >= 11 is 0. The number of hydrogen-bond acceptors (Lipinski definition) is 4. The molecule has 0 aliphatic rings. The number of esters is 1. The van der Waals surface area contributed by atoms with E-state index in [0.29, 0.717) is 0 Å². The van der Waals surface area contributed by atoms with Crippen molar-refractivity contribution < 1.29 is 14.3 Å². The summed E-state index contributed by atoms with van der Waals surface area (Å²) in [4.78, 5) is 11.7. The Morgan fingerprint density at radius 1 is 1.15 bits per heavy atom. The molecule has 0 radical (unpaired) electrons. The van der Waals surface area contributed by atoms with Crippen LogP contribution in [-0.2, 0) is 9.53 Å². The Kier molecular flexibility index (Phi) is 5.57. The minimum absolute atomic E-state index is 0.0391. The molecule has 1 N–H and O–H groups in total. The molecule has 4 heteroatoms. The van der Waals surface area contributed by atoms with Gasteiger partial charge < -0.3 is 9.47 Å². The van der Waals surface area contributed by atoms with E-state index in [0.717, 1.165) is 11.3 Å². The molecule has 1 rings (SSSR count). The first-order chi connectivity index (χ1) is 9.26. The molecule has 112 valence electrons. The quantitative estimate of drug-likeness (QED) is 0.813. The number of rotatable bonds is 6. The van der Waals surface area contributed by atoms with Gasteiger partial charge in [-0.3, -0.25) is 10.1 Å². The van der Waals surface area contributed by atoms with E-state index in [1.807, 2.05) is 58.9 Å². The molecule has 0 aliphatic carbocycles. The molecule has 0 fully saturated rings. The van der Waals surface area contributed by atoms with Crippen molar-refractivity contribution in [2.45, 2.75) is 52.3 Å². The zero-order valence-corrected chi connectivity index (χ0v) is 13.2. The lowest BCUT2D eigenvalue weighted by Crippen LogP contribution is -2.48. The van der Waals surface area contributed by atoms with Crippen LogP contribution in [0.2, 0.25) is 0 Å². The van der Waals surface area contributed by atoms with Crippen LogP contribution in [-0.4, -0.2) is 24.7 Å². The van der Waals surface area contributed by atoms with Crippen molar-refractivity contribution in [2.75, 3.05) is 7.11 Å². The van der Waals surface area contributed by atoms with Crippen LogP contribution in [0.15, 0.2) is 24.3 Å². The summed E-state index contributed by atoms with van der Waals surface area (Å²) in [5.41, 5.74) is 0.374. The Hall–Kier alpha value is -1.55. The van der Waals surface area contributed by atoms with Crippen molar-refractivity contribution >= 4 is 5.97 Å². The molecule has 0 amide bonds. The van der Waals surface area contributed by atoms with E-state index in [1.165, 1.54) is 7.11 Å². The Labute approximate surface area is 121 Å². The molecular formula is C16H25NO3. The number of benzene rings is 1. The van der Waals surface area contributed by atoms with Gasteiger partial charge in [-0.05, 0) is 52.3 Å². The monoisotopic (exact) mass is 279 g/mol. The minimum Gasteiger partial charge on any atom is -0.491 e. The van der Waals surface area contributed by atoms with Crippen LogP contribution in [0.1, 0.15) is 46.2 Å². The smallest absolute Gasteiger partial charge is 0.325 e. The molecule has 1 atom stereocenters. The van der Waals surface area contributed by atoms with Gasteiger partial charge in [-0.25, -0.2) is 0 Å². The van der Waals surface area contributed by atoms with E-state index in [4.69, 9.17) is 9.47 Å². The molecule has 0 spiro atoms. The number of carbonyl (C=O) groups excluding carboxylic acids is 1. The second kappa shape index (κ2) is 6.75. The van der Waals surface area contributed by atoms with E-state index in [1.54, 1.807) is 0 Å². The third-order valence-corrected chi connectivity index (χ3v) is 3.02. The van der Waals surface area contributed by atoms with Crippen molar-refractivity contribution in [2.24, 2.45) is 0 Å². The minimum atomic E-state index is -0.721. The van der Waals surface area contributed by atoms with Gasteiger partial charge in [0, 0.05) is 6.04 Å². The summed E-state index contributed by atoms with van der Waals surface area (Å²) in [6.07, 6.45) is 0.162. The maximum Gasteiger partial charge on any atom is 0.325 e. The van der Waals surface area contributed by atoms with Gasteiger partial charge in [0.1, 0.15) is 11.3 Å². The summed E-state index contributed by atoms with van der Waals surface area (Å²) < 4.78 is 10.4. The SMILES string of the molecule is COC(=O)C(C)(C)NC(C)c1ccc(OC(C)C)cc1.